The highest BCUT2D eigenvalue weighted by Crippen LogP contribution is 2.18. The van der Waals surface area contributed by atoms with E-state index in [1.165, 1.54) is 13.3 Å². The van der Waals surface area contributed by atoms with E-state index in [4.69, 9.17) is 9.47 Å². The van der Waals surface area contributed by atoms with E-state index in [-0.39, 0.29) is 0 Å². The predicted molar refractivity (Wildman–Crippen MR) is 95.2 cm³/mol. The average Bonchev–Trinajstić information content (AvgIpc) is 2.54. The van der Waals surface area contributed by atoms with Gasteiger partial charge in [-0.15, -0.1) is 0 Å². The summed E-state index contributed by atoms with van der Waals surface area (Å²) in [5.74, 6) is 0.158. The van der Waals surface area contributed by atoms with Gasteiger partial charge in [-0.1, -0.05) is 6.07 Å². The first-order chi connectivity index (χ1) is 11.8. The van der Waals surface area contributed by atoms with E-state index in [0.717, 1.165) is 0 Å². The van der Waals surface area contributed by atoms with Crippen molar-refractivity contribution in [3.8, 4) is 0 Å². The van der Waals surface area contributed by atoms with Gasteiger partial charge in [0.15, 0.2) is 0 Å². The first-order valence-electron chi connectivity index (χ1n) is 7.68. The summed E-state index contributed by atoms with van der Waals surface area (Å²) in [5.41, 5.74) is 1.09. The second kappa shape index (κ2) is 7.65. The zero-order valence-corrected chi connectivity index (χ0v) is 14.6. The first kappa shape index (κ1) is 18.3. The molecule has 7 nitrogen and oxygen atoms in total. The van der Waals surface area contributed by atoms with E-state index in [1.807, 2.05) is 0 Å². The van der Waals surface area contributed by atoms with Crippen LogP contribution in [-0.4, -0.2) is 29.8 Å². The number of nitrogens with zero attached hydrogens (tertiary/aromatic N) is 1. The maximum absolute atomic E-state index is 11.7. The molecule has 0 bridgehead atoms. The molecule has 1 aromatic heterocycles. The van der Waals surface area contributed by atoms with Gasteiger partial charge in [0.1, 0.15) is 11.4 Å². The number of aromatic nitrogens is 1. The Bertz CT molecular complexity index is 752. The topological polar surface area (TPSA) is 89.6 Å². The van der Waals surface area contributed by atoms with Crippen molar-refractivity contribution in [1.82, 2.24) is 4.98 Å². The van der Waals surface area contributed by atoms with E-state index in [2.05, 4.69) is 15.6 Å². The van der Waals surface area contributed by atoms with Gasteiger partial charge in [0.05, 0.1) is 24.6 Å². The van der Waals surface area contributed by atoms with Crippen LogP contribution in [0.2, 0.25) is 0 Å². The maximum atomic E-state index is 11.7. The highest BCUT2D eigenvalue weighted by atomic mass is 16.6. The number of ether oxygens (including phenoxy) is 2. The van der Waals surface area contributed by atoms with Crippen molar-refractivity contribution in [2.24, 2.45) is 0 Å². The van der Waals surface area contributed by atoms with Crippen molar-refractivity contribution in [2.75, 3.05) is 17.7 Å². The van der Waals surface area contributed by atoms with Crippen LogP contribution in [0.5, 0.6) is 0 Å². The van der Waals surface area contributed by atoms with Crippen molar-refractivity contribution < 1.29 is 19.1 Å². The van der Waals surface area contributed by atoms with Crippen LogP contribution >= 0.6 is 0 Å². The summed E-state index contributed by atoms with van der Waals surface area (Å²) in [6, 6.07) is 10.3. The lowest BCUT2D eigenvalue weighted by Gasteiger charge is -2.19. The fourth-order valence-electron chi connectivity index (χ4n) is 1.95. The van der Waals surface area contributed by atoms with E-state index >= 15 is 0 Å². The number of hydrogen-bond acceptors (Lipinski definition) is 6. The van der Waals surface area contributed by atoms with Crippen LogP contribution < -0.4 is 10.6 Å². The number of anilines is 3. The van der Waals surface area contributed by atoms with Crippen LogP contribution in [0.25, 0.3) is 0 Å². The number of pyridine rings is 1. The molecule has 1 heterocycles. The van der Waals surface area contributed by atoms with Crippen LogP contribution in [0, 0.1) is 0 Å². The molecule has 0 fully saturated rings. The Morgan fingerprint density at radius 3 is 2.44 bits per heavy atom. The molecule has 0 unspecified atom stereocenters. The molecule has 132 valence electrons. The number of rotatable bonds is 4. The molecule has 2 rings (SSSR count). The molecule has 0 aliphatic carbocycles. The number of carbonyl (C=O) groups excluding carboxylic acids is 2. The van der Waals surface area contributed by atoms with Crippen molar-refractivity contribution in [2.45, 2.75) is 26.4 Å². The Kier molecular flexibility index (Phi) is 5.59. The summed E-state index contributed by atoms with van der Waals surface area (Å²) < 4.78 is 9.87. The summed E-state index contributed by atoms with van der Waals surface area (Å²) >= 11 is 0. The number of amides is 1. The Labute approximate surface area is 146 Å². The summed E-state index contributed by atoms with van der Waals surface area (Å²) in [7, 11) is 1.33. The van der Waals surface area contributed by atoms with Crippen molar-refractivity contribution in [3.63, 3.8) is 0 Å². The van der Waals surface area contributed by atoms with Crippen LogP contribution in [0.1, 0.15) is 31.1 Å². The van der Waals surface area contributed by atoms with E-state index in [1.54, 1.807) is 57.2 Å². The third kappa shape index (κ3) is 5.80. The molecule has 2 N–H and O–H groups in total. The van der Waals surface area contributed by atoms with Gasteiger partial charge in [0.2, 0.25) is 0 Å². The standard InChI is InChI=1S/C18H21N3O4/c1-18(2,3)25-17(23)21-14-8-9-15(19-11-14)20-13-7-5-6-12(10-13)16(22)24-4/h5-11H,1-4H3,(H,19,20)(H,21,23). The lowest BCUT2D eigenvalue weighted by Crippen LogP contribution is -2.27. The van der Waals surface area contributed by atoms with Gasteiger partial charge in [0, 0.05) is 5.69 Å². The van der Waals surface area contributed by atoms with Gasteiger partial charge in [-0.3, -0.25) is 5.32 Å². The lowest BCUT2D eigenvalue weighted by molar-refractivity contribution is 0.0598. The Hall–Kier alpha value is -3.09. The van der Waals surface area contributed by atoms with Crippen LogP contribution in [0.15, 0.2) is 42.6 Å². The molecule has 0 radical (unpaired) electrons. The molecule has 0 atom stereocenters. The maximum Gasteiger partial charge on any atom is 0.412 e. The zero-order chi connectivity index (χ0) is 18.4. The highest BCUT2D eigenvalue weighted by Gasteiger charge is 2.16. The second-order valence-corrected chi connectivity index (χ2v) is 6.26. The number of nitrogens with one attached hydrogen (secondary N) is 2. The summed E-state index contributed by atoms with van der Waals surface area (Å²) in [6.45, 7) is 5.38. The highest BCUT2D eigenvalue weighted by molar-refractivity contribution is 5.90. The van der Waals surface area contributed by atoms with Gasteiger partial charge in [-0.2, -0.15) is 0 Å². The molecule has 2 aromatic rings. The SMILES string of the molecule is COC(=O)c1cccc(Nc2ccc(NC(=O)OC(C)(C)C)cn2)c1. The molecule has 1 aromatic carbocycles. The Morgan fingerprint density at radius 1 is 1.08 bits per heavy atom. The van der Waals surface area contributed by atoms with Gasteiger partial charge in [-0.25, -0.2) is 14.6 Å². The number of carbonyl (C=O) groups is 2. The third-order valence-electron chi connectivity index (χ3n) is 2.96. The van der Waals surface area contributed by atoms with Gasteiger partial charge >= 0.3 is 12.1 Å². The molecule has 7 heteroatoms. The van der Waals surface area contributed by atoms with E-state index in [0.29, 0.717) is 22.8 Å². The molecule has 0 aliphatic heterocycles. The molecule has 0 aliphatic rings. The van der Waals surface area contributed by atoms with Gasteiger partial charge in [0.25, 0.3) is 0 Å². The minimum Gasteiger partial charge on any atom is -0.465 e. The van der Waals surface area contributed by atoms with Crippen LogP contribution in [-0.2, 0) is 9.47 Å². The second-order valence-electron chi connectivity index (χ2n) is 6.26. The number of methoxy groups -OCH3 is 1. The third-order valence-corrected chi connectivity index (χ3v) is 2.96. The summed E-state index contributed by atoms with van der Waals surface area (Å²) in [5, 5.41) is 5.69. The van der Waals surface area contributed by atoms with Gasteiger partial charge < -0.3 is 14.8 Å². The quantitative estimate of drug-likeness (QED) is 0.817. The first-order valence-corrected chi connectivity index (χ1v) is 7.68. The molecule has 25 heavy (non-hydrogen) atoms. The van der Waals surface area contributed by atoms with Crippen LogP contribution in [0.3, 0.4) is 0 Å². The average molecular weight is 343 g/mol. The minimum absolute atomic E-state index is 0.409. The largest absolute Gasteiger partial charge is 0.465 e. The van der Waals surface area contributed by atoms with Crippen molar-refractivity contribution in [1.29, 1.82) is 0 Å². The Morgan fingerprint density at radius 2 is 1.84 bits per heavy atom. The molecule has 0 spiro atoms. The Balaban J connectivity index is 2.01. The summed E-state index contributed by atoms with van der Waals surface area (Å²) in [4.78, 5) is 27.5. The number of benzene rings is 1. The molecule has 1 amide bonds. The molecular formula is C18H21N3O4. The smallest absolute Gasteiger partial charge is 0.412 e. The zero-order valence-electron chi connectivity index (χ0n) is 14.6. The normalized spacial score (nSPS) is 10.7. The fraction of sp³-hybridized carbons (Fsp3) is 0.278. The monoisotopic (exact) mass is 343 g/mol. The molecule has 0 saturated carbocycles. The van der Waals surface area contributed by atoms with E-state index < -0.39 is 17.7 Å². The van der Waals surface area contributed by atoms with Crippen molar-refractivity contribution in [3.05, 3.63) is 48.2 Å². The van der Waals surface area contributed by atoms with Gasteiger partial charge in [-0.05, 0) is 51.1 Å². The molecule has 0 saturated heterocycles. The van der Waals surface area contributed by atoms with Crippen LogP contribution in [0.4, 0.5) is 22.0 Å². The fourth-order valence-corrected chi connectivity index (χ4v) is 1.95. The van der Waals surface area contributed by atoms with E-state index in [9.17, 15) is 9.59 Å². The number of hydrogen-bond donors (Lipinski definition) is 2. The minimum atomic E-state index is -0.566. The molecular weight excluding hydrogens is 322 g/mol. The lowest BCUT2D eigenvalue weighted by atomic mass is 10.2. The predicted octanol–water partition coefficient (Wildman–Crippen LogP) is 3.96. The number of esters is 1. The van der Waals surface area contributed by atoms with Crippen molar-refractivity contribution >= 4 is 29.3 Å². The summed E-state index contributed by atoms with van der Waals surface area (Å²) in [6.07, 6.45) is 0.969.